The topological polar surface area (TPSA) is 66.8 Å². The van der Waals surface area contributed by atoms with Crippen molar-refractivity contribution in [2.24, 2.45) is 5.92 Å². The summed E-state index contributed by atoms with van der Waals surface area (Å²) in [6, 6.07) is 6.72. The number of aromatic carboxylic acids is 1. The molecule has 0 aliphatic rings. The van der Waals surface area contributed by atoms with Gasteiger partial charge >= 0.3 is 11.9 Å². The predicted molar refractivity (Wildman–Crippen MR) is 80.1 cm³/mol. The second-order valence-corrected chi connectivity index (χ2v) is 5.37. The van der Waals surface area contributed by atoms with Crippen LogP contribution in [0.2, 0.25) is 0 Å². The molecule has 0 unspecified atom stereocenters. The zero-order valence-electron chi connectivity index (χ0n) is 12.8. The molecule has 0 bridgehead atoms. The first-order valence-electron chi connectivity index (χ1n) is 7.12. The monoisotopic (exact) mass is 293 g/mol. The number of carbonyl (C=O) groups excluding carboxylic acids is 1. The van der Waals surface area contributed by atoms with E-state index < -0.39 is 5.97 Å². The van der Waals surface area contributed by atoms with Crippen molar-refractivity contribution < 1.29 is 19.4 Å². The number of rotatable bonds is 8. The molecule has 0 spiro atoms. The third-order valence-electron chi connectivity index (χ3n) is 2.89. The summed E-state index contributed by atoms with van der Waals surface area (Å²) in [5.41, 5.74) is 1.24. The zero-order chi connectivity index (χ0) is 15.8. The molecule has 1 rings (SSSR count). The van der Waals surface area contributed by atoms with Gasteiger partial charge in [0, 0.05) is 13.1 Å². The molecule has 5 heteroatoms. The molecular formula is C16H23NO4. The van der Waals surface area contributed by atoms with E-state index in [2.05, 4.69) is 13.8 Å². The first-order chi connectivity index (χ1) is 9.92. The Morgan fingerprint density at radius 2 is 1.86 bits per heavy atom. The average Bonchev–Trinajstić information content (AvgIpc) is 2.38. The van der Waals surface area contributed by atoms with Gasteiger partial charge in [0.25, 0.3) is 0 Å². The highest BCUT2D eigenvalue weighted by Crippen LogP contribution is 2.10. The van der Waals surface area contributed by atoms with Gasteiger partial charge in [0.2, 0.25) is 0 Å². The van der Waals surface area contributed by atoms with Crippen LogP contribution in [0.4, 0.5) is 0 Å². The maximum absolute atomic E-state index is 11.6. The molecule has 1 aromatic carbocycles. The predicted octanol–water partition coefficient (Wildman–Crippen LogP) is 2.41. The van der Waals surface area contributed by atoms with Crippen LogP contribution in [0.15, 0.2) is 24.3 Å². The molecule has 1 N–H and O–H groups in total. The Hall–Kier alpha value is -1.88. The summed E-state index contributed by atoms with van der Waals surface area (Å²) in [6.07, 6.45) is 0. The van der Waals surface area contributed by atoms with Crippen LogP contribution < -0.4 is 0 Å². The summed E-state index contributed by atoms with van der Waals surface area (Å²) >= 11 is 0. The van der Waals surface area contributed by atoms with Crippen molar-refractivity contribution in [2.45, 2.75) is 27.3 Å². The number of carbonyl (C=O) groups is 2. The van der Waals surface area contributed by atoms with Crippen molar-refractivity contribution in [3.8, 4) is 0 Å². The van der Waals surface area contributed by atoms with Crippen molar-refractivity contribution in [1.82, 2.24) is 4.90 Å². The minimum Gasteiger partial charge on any atom is -0.478 e. The van der Waals surface area contributed by atoms with Crippen LogP contribution in [0.1, 0.15) is 36.7 Å². The molecule has 0 aromatic heterocycles. The maximum atomic E-state index is 11.6. The normalized spacial score (nSPS) is 10.9. The first-order valence-corrected chi connectivity index (χ1v) is 7.12. The first kappa shape index (κ1) is 17.2. The molecular weight excluding hydrogens is 270 g/mol. The zero-order valence-corrected chi connectivity index (χ0v) is 12.8. The van der Waals surface area contributed by atoms with Gasteiger partial charge in [0.15, 0.2) is 0 Å². The molecule has 0 fully saturated rings. The lowest BCUT2D eigenvalue weighted by Crippen LogP contribution is -2.33. The average molecular weight is 293 g/mol. The number of ether oxygens (including phenoxy) is 1. The molecule has 0 saturated heterocycles. The Kier molecular flexibility index (Phi) is 6.88. The molecule has 0 heterocycles. The third kappa shape index (κ3) is 6.40. The van der Waals surface area contributed by atoms with Crippen LogP contribution in [-0.2, 0) is 16.1 Å². The van der Waals surface area contributed by atoms with E-state index in [9.17, 15) is 9.59 Å². The summed E-state index contributed by atoms with van der Waals surface area (Å²) in [6.45, 7) is 7.96. The fourth-order valence-corrected chi connectivity index (χ4v) is 2.10. The smallest absolute Gasteiger partial charge is 0.335 e. The van der Waals surface area contributed by atoms with Crippen LogP contribution in [0.5, 0.6) is 0 Å². The number of hydrogen-bond donors (Lipinski definition) is 1. The van der Waals surface area contributed by atoms with Crippen LogP contribution in [0.3, 0.4) is 0 Å². The highest BCUT2D eigenvalue weighted by molar-refractivity contribution is 5.87. The molecule has 21 heavy (non-hydrogen) atoms. The van der Waals surface area contributed by atoms with Gasteiger partial charge in [-0.3, -0.25) is 9.69 Å². The summed E-state index contributed by atoms with van der Waals surface area (Å²) < 4.78 is 4.98. The quantitative estimate of drug-likeness (QED) is 0.746. The van der Waals surface area contributed by atoms with E-state index in [1.165, 1.54) is 0 Å². The number of hydrogen-bond acceptors (Lipinski definition) is 4. The van der Waals surface area contributed by atoms with Gasteiger partial charge in [-0.25, -0.2) is 4.79 Å². The molecule has 0 radical (unpaired) electrons. The number of carboxylic acid groups (broad SMARTS) is 1. The van der Waals surface area contributed by atoms with E-state index in [0.717, 1.165) is 12.1 Å². The SMILES string of the molecule is CCOC(=O)CN(Cc1ccc(C(=O)O)cc1)CC(C)C. The molecule has 5 nitrogen and oxygen atoms in total. The second-order valence-electron chi connectivity index (χ2n) is 5.37. The summed E-state index contributed by atoms with van der Waals surface area (Å²) in [5, 5.41) is 8.88. The number of esters is 1. The second kappa shape index (κ2) is 8.42. The van der Waals surface area contributed by atoms with Crippen molar-refractivity contribution in [3.05, 3.63) is 35.4 Å². The number of nitrogens with zero attached hydrogens (tertiary/aromatic N) is 1. The third-order valence-corrected chi connectivity index (χ3v) is 2.89. The van der Waals surface area contributed by atoms with Gasteiger partial charge < -0.3 is 9.84 Å². The van der Waals surface area contributed by atoms with Crippen molar-refractivity contribution in [2.75, 3.05) is 19.7 Å². The van der Waals surface area contributed by atoms with Gasteiger partial charge in [-0.05, 0) is 30.5 Å². The van der Waals surface area contributed by atoms with Crippen LogP contribution in [-0.4, -0.2) is 41.6 Å². The Balaban J connectivity index is 2.70. The van der Waals surface area contributed by atoms with Crippen molar-refractivity contribution >= 4 is 11.9 Å². The molecule has 0 amide bonds. The van der Waals surface area contributed by atoms with E-state index in [1.807, 2.05) is 4.90 Å². The lowest BCUT2D eigenvalue weighted by atomic mass is 10.1. The number of carboxylic acids is 1. The Labute approximate surface area is 125 Å². The van der Waals surface area contributed by atoms with E-state index in [4.69, 9.17) is 9.84 Å². The van der Waals surface area contributed by atoms with Gasteiger partial charge in [0.1, 0.15) is 0 Å². The summed E-state index contributed by atoms with van der Waals surface area (Å²) in [4.78, 5) is 24.5. The standard InChI is InChI=1S/C16H23NO4/c1-4-21-15(18)11-17(9-12(2)3)10-13-5-7-14(8-6-13)16(19)20/h5-8,12H,4,9-11H2,1-3H3,(H,19,20). The van der Waals surface area contributed by atoms with E-state index in [1.54, 1.807) is 31.2 Å². The molecule has 1 aromatic rings. The fraction of sp³-hybridized carbons (Fsp3) is 0.500. The summed E-state index contributed by atoms with van der Waals surface area (Å²) in [5.74, 6) is -0.745. The van der Waals surface area contributed by atoms with Crippen molar-refractivity contribution in [1.29, 1.82) is 0 Å². The highest BCUT2D eigenvalue weighted by atomic mass is 16.5. The molecule has 0 atom stereocenters. The Morgan fingerprint density at radius 1 is 1.24 bits per heavy atom. The lowest BCUT2D eigenvalue weighted by molar-refractivity contribution is -0.144. The van der Waals surface area contributed by atoms with Gasteiger partial charge in [-0.1, -0.05) is 26.0 Å². The largest absolute Gasteiger partial charge is 0.478 e. The minimum absolute atomic E-state index is 0.236. The molecule has 0 aliphatic carbocycles. The van der Waals surface area contributed by atoms with Crippen molar-refractivity contribution in [3.63, 3.8) is 0 Å². The minimum atomic E-state index is -0.938. The molecule has 0 saturated carbocycles. The number of benzene rings is 1. The maximum Gasteiger partial charge on any atom is 0.335 e. The Bertz CT molecular complexity index is 468. The summed E-state index contributed by atoms with van der Waals surface area (Å²) in [7, 11) is 0. The van der Waals surface area contributed by atoms with Crippen LogP contribution >= 0.6 is 0 Å². The van der Waals surface area contributed by atoms with Crippen LogP contribution in [0, 0.1) is 5.92 Å². The van der Waals surface area contributed by atoms with Gasteiger partial charge in [0.05, 0.1) is 18.7 Å². The van der Waals surface area contributed by atoms with E-state index in [0.29, 0.717) is 19.1 Å². The van der Waals surface area contributed by atoms with Gasteiger partial charge in [-0.2, -0.15) is 0 Å². The molecule has 116 valence electrons. The molecule has 0 aliphatic heterocycles. The fourth-order valence-electron chi connectivity index (χ4n) is 2.10. The Morgan fingerprint density at radius 3 is 2.33 bits per heavy atom. The van der Waals surface area contributed by atoms with E-state index in [-0.39, 0.29) is 18.1 Å². The van der Waals surface area contributed by atoms with E-state index >= 15 is 0 Å². The van der Waals surface area contributed by atoms with Gasteiger partial charge in [-0.15, -0.1) is 0 Å². The lowest BCUT2D eigenvalue weighted by Gasteiger charge is -2.23. The highest BCUT2D eigenvalue weighted by Gasteiger charge is 2.14. The van der Waals surface area contributed by atoms with Crippen LogP contribution in [0.25, 0.3) is 0 Å².